The second-order valence-corrected chi connectivity index (χ2v) is 3.71. The molecule has 1 aromatic rings. The number of anilines is 1. The Balaban J connectivity index is 2.63. The zero-order valence-corrected chi connectivity index (χ0v) is 8.31. The van der Waals surface area contributed by atoms with Gasteiger partial charge in [0.2, 0.25) is 5.91 Å². The van der Waals surface area contributed by atoms with Crippen molar-refractivity contribution in [3.8, 4) is 0 Å². The van der Waals surface area contributed by atoms with Crippen molar-refractivity contribution in [2.75, 3.05) is 5.32 Å². The van der Waals surface area contributed by atoms with Crippen molar-refractivity contribution in [1.29, 1.82) is 0 Å². The summed E-state index contributed by atoms with van der Waals surface area (Å²) in [6.07, 6.45) is 0.302. The molecular weight excluding hydrogens is 202 g/mol. The summed E-state index contributed by atoms with van der Waals surface area (Å²) in [5, 5.41) is 3.15. The van der Waals surface area contributed by atoms with Gasteiger partial charge in [0.15, 0.2) is 5.78 Å². The monoisotopic (exact) mass is 209 g/mol. The first kappa shape index (κ1) is 9.21. The van der Waals surface area contributed by atoms with E-state index in [1.807, 2.05) is 0 Å². The molecule has 0 saturated carbocycles. The lowest BCUT2D eigenvalue weighted by Crippen LogP contribution is -2.06. The highest BCUT2D eigenvalue weighted by Gasteiger charge is 2.22. The van der Waals surface area contributed by atoms with Gasteiger partial charge in [0.1, 0.15) is 0 Å². The van der Waals surface area contributed by atoms with Gasteiger partial charge in [0, 0.05) is 10.6 Å². The van der Waals surface area contributed by atoms with Crippen LogP contribution >= 0.6 is 11.6 Å². The molecule has 1 heterocycles. The maximum Gasteiger partial charge on any atom is 0.228 e. The molecule has 1 aliphatic rings. The van der Waals surface area contributed by atoms with E-state index in [1.54, 1.807) is 12.1 Å². The van der Waals surface area contributed by atoms with Gasteiger partial charge in [-0.15, -0.1) is 0 Å². The average Bonchev–Trinajstić information content (AvgIpc) is 2.42. The van der Waals surface area contributed by atoms with Crippen LogP contribution in [0.1, 0.15) is 22.8 Å². The van der Waals surface area contributed by atoms with Crippen LogP contribution in [0.3, 0.4) is 0 Å². The Kier molecular flexibility index (Phi) is 2.04. The van der Waals surface area contributed by atoms with Crippen LogP contribution in [-0.4, -0.2) is 11.7 Å². The topological polar surface area (TPSA) is 46.2 Å². The van der Waals surface area contributed by atoms with E-state index in [1.165, 1.54) is 6.92 Å². The Morgan fingerprint density at radius 3 is 2.86 bits per heavy atom. The number of ketones is 1. The summed E-state index contributed by atoms with van der Waals surface area (Å²) in [5.41, 5.74) is 1.90. The number of carbonyl (C=O) groups is 2. The molecule has 1 aromatic carbocycles. The molecule has 0 radical (unpaired) electrons. The maximum absolute atomic E-state index is 11.3. The predicted octanol–water partition coefficient (Wildman–Crippen LogP) is 2.04. The molecule has 0 bridgehead atoms. The molecule has 4 heteroatoms. The molecule has 0 spiro atoms. The molecule has 2 rings (SSSR count). The van der Waals surface area contributed by atoms with Crippen molar-refractivity contribution in [3.05, 3.63) is 28.3 Å². The molecular formula is C10H8ClNO2. The molecule has 72 valence electrons. The van der Waals surface area contributed by atoms with Crippen molar-refractivity contribution in [2.24, 2.45) is 0 Å². The number of amides is 1. The van der Waals surface area contributed by atoms with Crippen LogP contribution in [-0.2, 0) is 11.2 Å². The third-order valence-electron chi connectivity index (χ3n) is 2.18. The third-order valence-corrected chi connectivity index (χ3v) is 2.40. The zero-order valence-electron chi connectivity index (χ0n) is 7.56. The molecule has 1 N–H and O–H groups in total. The van der Waals surface area contributed by atoms with Gasteiger partial charge in [0.25, 0.3) is 0 Å². The molecule has 14 heavy (non-hydrogen) atoms. The summed E-state index contributed by atoms with van der Waals surface area (Å²) in [6, 6.07) is 3.29. The van der Waals surface area contributed by atoms with Crippen LogP contribution in [0.2, 0.25) is 5.02 Å². The molecule has 0 fully saturated rings. The van der Waals surface area contributed by atoms with Crippen LogP contribution < -0.4 is 5.32 Å². The second kappa shape index (κ2) is 3.10. The van der Waals surface area contributed by atoms with E-state index in [-0.39, 0.29) is 11.7 Å². The summed E-state index contributed by atoms with van der Waals surface area (Å²) >= 11 is 5.83. The molecule has 1 amide bonds. The normalized spacial score (nSPS) is 13.7. The van der Waals surface area contributed by atoms with Gasteiger partial charge in [0.05, 0.1) is 12.1 Å². The second-order valence-electron chi connectivity index (χ2n) is 3.27. The molecule has 3 nitrogen and oxygen atoms in total. The fourth-order valence-corrected chi connectivity index (χ4v) is 1.83. The Labute approximate surface area is 86.1 Å². The zero-order chi connectivity index (χ0) is 10.3. The SMILES string of the molecule is CC(=O)c1cc(Cl)cc2c1NC(=O)C2. The van der Waals surface area contributed by atoms with Gasteiger partial charge in [-0.1, -0.05) is 11.6 Å². The van der Waals surface area contributed by atoms with E-state index in [0.29, 0.717) is 22.7 Å². The Morgan fingerprint density at radius 2 is 2.21 bits per heavy atom. The minimum Gasteiger partial charge on any atom is -0.325 e. The number of fused-ring (bicyclic) bond motifs is 1. The summed E-state index contributed by atoms with van der Waals surface area (Å²) < 4.78 is 0. The minimum atomic E-state index is -0.0928. The van der Waals surface area contributed by atoms with E-state index < -0.39 is 0 Å². The van der Waals surface area contributed by atoms with Crippen molar-refractivity contribution in [3.63, 3.8) is 0 Å². The van der Waals surface area contributed by atoms with Crippen molar-refractivity contribution in [1.82, 2.24) is 0 Å². The summed E-state index contributed by atoms with van der Waals surface area (Å²) in [5.74, 6) is -0.185. The first-order valence-corrected chi connectivity index (χ1v) is 4.59. The fraction of sp³-hybridized carbons (Fsp3) is 0.200. The van der Waals surface area contributed by atoms with Gasteiger partial charge in [-0.3, -0.25) is 9.59 Å². The lowest BCUT2D eigenvalue weighted by Gasteiger charge is -2.05. The quantitative estimate of drug-likeness (QED) is 0.720. The minimum absolute atomic E-state index is 0.0917. The number of hydrogen-bond acceptors (Lipinski definition) is 2. The predicted molar refractivity (Wildman–Crippen MR) is 53.8 cm³/mol. The molecule has 0 aliphatic carbocycles. The average molecular weight is 210 g/mol. The van der Waals surface area contributed by atoms with Gasteiger partial charge in [-0.25, -0.2) is 0 Å². The molecule has 1 aliphatic heterocycles. The number of hydrogen-bond donors (Lipinski definition) is 1. The van der Waals surface area contributed by atoms with Crippen molar-refractivity contribution >= 4 is 29.0 Å². The van der Waals surface area contributed by atoms with Gasteiger partial charge < -0.3 is 5.32 Å². The Morgan fingerprint density at radius 1 is 1.50 bits per heavy atom. The van der Waals surface area contributed by atoms with E-state index in [0.717, 1.165) is 5.56 Å². The van der Waals surface area contributed by atoms with Gasteiger partial charge >= 0.3 is 0 Å². The smallest absolute Gasteiger partial charge is 0.228 e. The third kappa shape index (κ3) is 1.40. The van der Waals surface area contributed by atoms with Crippen LogP contribution in [0.15, 0.2) is 12.1 Å². The number of nitrogens with one attached hydrogen (secondary N) is 1. The first-order chi connectivity index (χ1) is 6.58. The lowest BCUT2D eigenvalue weighted by atomic mass is 10.1. The molecule has 0 atom stereocenters. The number of halogens is 1. The van der Waals surface area contributed by atoms with Gasteiger partial charge in [-0.05, 0) is 24.6 Å². The number of carbonyl (C=O) groups excluding carboxylic acids is 2. The van der Waals surface area contributed by atoms with E-state index in [4.69, 9.17) is 11.6 Å². The van der Waals surface area contributed by atoms with Crippen LogP contribution in [0.25, 0.3) is 0 Å². The molecule has 0 unspecified atom stereocenters. The number of Topliss-reactive ketones (excluding diaryl/α,β-unsaturated/α-hetero) is 1. The van der Waals surface area contributed by atoms with Crippen molar-refractivity contribution < 1.29 is 9.59 Å². The van der Waals surface area contributed by atoms with Crippen molar-refractivity contribution in [2.45, 2.75) is 13.3 Å². The number of rotatable bonds is 1. The standard InChI is InChI=1S/C10H8ClNO2/c1-5(13)8-4-7(11)2-6-3-9(14)12-10(6)8/h2,4H,3H2,1H3,(H,12,14). The van der Waals surface area contributed by atoms with Crippen LogP contribution in [0.4, 0.5) is 5.69 Å². The number of benzene rings is 1. The highest BCUT2D eigenvalue weighted by Crippen LogP contribution is 2.30. The Hall–Kier alpha value is -1.35. The van der Waals surface area contributed by atoms with Crippen LogP contribution in [0.5, 0.6) is 0 Å². The largest absolute Gasteiger partial charge is 0.325 e. The van der Waals surface area contributed by atoms with Crippen LogP contribution in [0, 0.1) is 0 Å². The molecule has 0 saturated heterocycles. The highest BCUT2D eigenvalue weighted by molar-refractivity contribution is 6.31. The summed E-state index contributed by atoms with van der Waals surface area (Å²) in [7, 11) is 0. The van der Waals surface area contributed by atoms with E-state index >= 15 is 0 Å². The lowest BCUT2D eigenvalue weighted by molar-refractivity contribution is -0.115. The van der Waals surface area contributed by atoms with E-state index in [2.05, 4.69) is 5.32 Å². The molecule has 0 aromatic heterocycles. The fourth-order valence-electron chi connectivity index (χ4n) is 1.58. The summed E-state index contributed by atoms with van der Waals surface area (Å²) in [4.78, 5) is 22.4. The van der Waals surface area contributed by atoms with Gasteiger partial charge in [-0.2, -0.15) is 0 Å². The highest BCUT2D eigenvalue weighted by atomic mass is 35.5. The summed E-state index contributed by atoms with van der Waals surface area (Å²) in [6.45, 7) is 1.45. The Bertz CT molecular complexity index is 440. The van der Waals surface area contributed by atoms with E-state index in [9.17, 15) is 9.59 Å². The maximum atomic E-state index is 11.3. The first-order valence-electron chi connectivity index (χ1n) is 4.21.